The maximum absolute atomic E-state index is 13.4. The molecule has 0 atom stereocenters. The van der Waals surface area contributed by atoms with Crippen LogP contribution in [0.25, 0.3) is 0 Å². The number of amides is 5. The van der Waals surface area contributed by atoms with Gasteiger partial charge in [-0.05, 0) is 81.0 Å². The molecule has 1 aromatic carbocycles. The number of carbonyl (C=O) groups is 4. The van der Waals surface area contributed by atoms with Crippen LogP contribution in [-0.2, 0) is 4.79 Å². The number of likely N-dealkylation sites (tertiary alicyclic amines) is 1. The monoisotopic (exact) mass is 559 g/mol. The Morgan fingerprint density at radius 1 is 0.949 bits per heavy atom. The normalized spacial score (nSPS) is 22.7. The number of nitrogens with one attached hydrogen (secondary N) is 1. The molecule has 0 aromatic heterocycles. The second-order valence-electron chi connectivity index (χ2n) is 11.6. The molecule has 10 nitrogen and oxygen atoms in total. The number of hydrogen-bond acceptors (Lipinski definition) is 5. The number of piperazine rings is 1. The van der Waals surface area contributed by atoms with Crippen LogP contribution in [0.5, 0.6) is 0 Å². The van der Waals surface area contributed by atoms with Crippen LogP contribution in [0.3, 0.4) is 0 Å². The first-order chi connectivity index (χ1) is 18.7. The number of urea groups is 1. The minimum atomic E-state index is -0.817. The van der Waals surface area contributed by atoms with Gasteiger partial charge in [0.15, 0.2) is 0 Å². The van der Waals surface area contributed by atoms with E-state index in [0.29, 0.717) is 34.8 Å². The molecule has 3 aliphatic heterocycles. The summed E-state index contributed by atoms with van der Waals surface area (Å²) < 4.78 is 0. The lowest BCUT2D eigenvalue weighted by Crippen LogP contribution is -2.49. The van der Waals surface area contributed by atoms with E-state index in [-0.39, 0.29) is 24.8 Å². The molecule has 0 unspecified atom stereocenters. The Morgan fingerprint density at radius 3 is 2.28 bits per heavy atom. The summed E-state index contributed by atoms with van der Waals surface area (Å²) in [5.74, 6) is 0.363. The minimum absolute atomic E-state index is 0.0482. The van der Waals surface area contributed by atoms with Crippen LogP contribution in [0.4, 0.5) is 15.3 Å². The van der Waals surface area contributed by atoms with Gasteiger partial charge in [-0.25, -0.2) is 9.59 Å². The number of hydrogen-bond donors (Lipinski definition) is 2. The summed E-state index contributed by atoms with van der Waals surface area (Å²) in [5, 5.41) is 11.8. The van der Waals surface area contributed by atoms with E-state index in [1.165, 1.54) is 41.9 Å². The molecule has 39 heavy (non-hydrogen) atoms. The zero-order chi connectivity index (χ0) is 27.6. The molecule has 1 spiro atoms. The number of piperidine rings is 1. The maximum atomic E-state index is 13.4. The number of halogens is 1. The second kappa shape index (κ2) is 11.7. The van der Waals surface area contributed by atoms with Crippen molar-refractivity contribution in [3.8, 4) is 0 Å². The molecule has 11 heteroatoms. The van der Waals surface area contributed by atoms with E-state index in [0.717, 1.165) is 51.5 Å². The van der Waals surface area contributed by atoms with E-state index in [9.17, 15) is 19.2 Å². The number of carboxylic acid groups (broad SMARTS) is 1. The lowest BCUT2D eigenvalue weighted by atomic mass is 9.65. The zero-order valence-corrected chi connectivity index (χ0v) is 23.1. The van der Waals surface area contributed by atoms with Gasteiger partial charge in [-0.2, -0.15) is 0 Å². The molecule has 3 heterocycles. The summed E-state index contributed by atoms with van der Waals surface area (Å²) in [4.78, 5) is 55.5. The van der Waals surface area contributed by atoms with E-state index in [4.69, 9.17) is 16.7 Å². The summed E-state index contributed by atoms with van der Waals surface area (Å²) in [6.45, 7) is 5.60. The number of imide groups is 1. The Labute approximate surface area is 234 Å². The van der Waals surface area contributed by atoms with Gasteiger partial charge >= 0.3 is 12.1 Å². The van der Waals surface area contributed by atoms with E-state index < -0.39 is 12.1 Å². The second-order valence-corrected chi connectivity index (χ2v) is 12.0. The third kappa shape index (κ3) is 6.32. The Kier molecular flexibility index (Phi) is 8.32. The predicted octanol–water partition coefficient (Wildman–Crippen LogP) is 3.88. The van der Waals surface area contributed by atoms with Gasteiger partial charge < -0.3 is 14.9 Å². The number of benzene rings is 1. The topological polar surface area (TPSA) is 114 Å². The molecule has 4 fully saturated rings. The van der Waals surface area contributed by atoms with Gasteiger partial charge in [0.1, 0.15) is 0 Å². The van der Waals surface area contributed by atoms with Gasteiger partial charge in [-0.3, -0.25) is 24.7 Å². The van der Waals surface area contributed by atoms with Gasteiger partial charge in [0.05, 0.1) is 10.7 Å². The number of anilines is 1. The molecule has 0 bridgehead atoms. The van der Waals surface area contributed by atoms with Crippen molar-refractivity contribution in [2.24, 2.45) is 11.3 Å². The average Bonchev–Trinajstić information content (AvgIpc) is 2.94. The predicted molar refractivity (Wildman–Crippen MR) is 147 cm³/mol. The fourth-order valence-electron chi connectivity index (χ4n) is 6.62. The Morgan fingerprint density at radius 2 is 1.64 bits per heavy atom. The van der Waals surface area contributed by atoms with Gasteiger partial charge in [0.2, 0.25) is 5.91 Å². The van der Waals surface area contributed by atoms with Crippen LogP contribution in [0, 0.1) is 11.3 Å². The average molecular weight is 560 g/mol. The van der Waals surface area contributed by atoms with Gasteiger partial charge in [-0.1, -0.05) is 11.6 Å². The largest absolute Gasteiger partial charge is 0.465 e. The summed E-state index contributed by atoms with van der Waals surface area (Å²) in [7, 11) is 0. The number of nitrogens with zero attached hydrogens (tertiary/aromatic N) is 4. The van der Waals surface area contributed by atoms with Crippen molar-refractivity contribution < 1.29 is 24.3 Å². The van der Waals surface area contributed by atoms with E-state index in [2.05, 4.69) is 10.2 Å². The summed E-state index contributed by atoms with van der Waals surface area (Å²) >= 11 is 6.36. The van der Waals surface area contributed by atoms with E-state index in [1.54, 1.807) is 18.2 Å². The fraction of sp³-hybridized carbons (Fsp3) is 0.643. The quantitative estimate of drug-likeness (QED) is 0.566. The molecule has 4 aliphatic rings. The maximum Gasteiger partial charge on any atom is 0.407 e. The molecule has 2 N–H and O–H groups in total. The van der Waals surface area contributed by atoms with Crippen molar-refractivity contribution in [1.82, 2.24) is 20.0 Å². The van der Waals surface area contributed by atoms with Crippen molar-refractivity contribution in [3.05, 3.63) is 28.8 Å². The van der Waals surface area contributed by atoms with Crippen molar-refractivity contribution in [2.45, 2.75) is 51.4 Å². The smallest absolute Gasteiger partial charge is 0.407 e. The van der Waals surface area contributed by atoms with Gasteiger partial charge in [0.25, 0.3) is 5.91 Å². The molecule has 5 amide bonds. The van der Waals surface area contributed by atoms with Gasteiger partial charge in [-0.15, -0.1) is 0 Å². The SMILES string of the molecule is O=C1CCN(c2cc(C(=O)N3CCC4(CCC(CCN5CCN(C(=O)O)CC5)CC4)CC3)ccc2Cl)C(=O)N1. The molecule has 1 saturated carbocycles. The third-order valence-electron chi connectivity index (χ3n) is 9.31. The van der Waals surface area contributed by atoms with E-state index >= 15 is 0 Å². The van der Waals surface area contributed by atoms with Crippen LogP contribution in [0.2, 0.25) is 5.02 Å². The first-order valence-corrected chi connectivity index (χ1v) is 14.5. The molecular weight excluding hydrogens is 522 g/mol. The molecule has 0 radical (unpaired) electrons. The highest BCUT2D eigenvalue weighted by Gasteiger charge is 2.39. The molecule has 1 aromatic rings. The molecule has 212 valence electrons. The van der Waals surface area contributed by atoms with Crippen LogP contribution in [0.15, 0.2) is 18.2 Å². The first kappa shape index (κ1) is 27.7. The minimum Gasteiger partial charge on any atom is -0.465 e. The van der Waals surface area contributed by atoms with Crippen molar-refractivity contribution in [1.29, 1.82) is 0 Å². The van der Waals surface area contributed by atoms with E-state index in [1.807, 2.05) is 4.90 Å². The van der Waals surface area contributed by atoms with Crippen LogP contribution in [-0.4, -0.2) is 96.1 Å². The lowest BCUT2D eigenvalue weighted by Gasteiger charge is -2.46. The summed E-state index contributed by atoms with van der Waals surface area (Å²) in [6, 6.07) is 4.50. The lowest BCUT2D eigenvalue weighted by molar-refractivity contribution is -0.120. The van der Waals surface area contributed by atoms with Crippen LogP contribution in [0.1, 0.15) is 61.7 Å². The van der Waals surface area contributed by atoms with Crippen molar-refractivity contribution in [2.75, 3.05) is 57.3 Å². The Hall–Kier alpha value is -2.85. The highest BCUT2D eigenvalue weighted by atomic mass is 35.5. The van der Waals surface area contributed by atoms with Crippen LogP contribution < -0.4 is 10.2 Å². The molecule has 3 saturated heterocycles. The molecule has 1 aliphatic carbocycles. The Bertz CT molecular complexity index is 1100. The zero-order valence-electron chi connectivity index (χ0n) is 22.4. The molecular formula is C28H38ClN5O5. The summed E-state index contributed by atoms with van der Waals surface area (Å²) in [5.41, 5.74) is 1.27. The number of rotatable bonds is 5. The highest BCUT2D eigenvalue weighted by Crippen LogP contribution is 2.47. The number of carbonyl (C=O) groups excluding carboxylic acids is 3. The highest BCUT2D eigenvalue weighted by molar-refractivity contribution is 6.34. The fourth-order valence-corrected chi connectivity index (χ4v) is 6.84. The standard InChI is InChI=1S/C28H38ClN5O5/c29-22-2-1-21(19-23(22)34-12-6-24(35)30-26(34)37)25(36)32-13-9-28(10-14-32)7-3-20(4-8-28)5-11-31-15-17-33(18-16-31)27(38)39/h1-2,19-20H,3-18H2,(H,38,39)(H,30,35,37). The third-order valence-corrected chi connectivity index (χ3v) is 9.63. The van der Waals surface area contributed by atoms with Crippen molar-refractivity contribution in [3.63, 3.8) is 0 Å². The van der Waals surface area contributed by atoms with Crippen LogP contribution >= 0.6 is 11.6 Å². The first-order valence-electron chi connectivity index (χ1n) is 14.1. The Balaban J connectivity index is 1.09. The van der Waals surface area contributed by atoms with Gasteiger partial charge in [0, 0.05) is 57.8 Å². The van der Waals surface area contributed by atoms with Crippen molar-refractivity contribution >= 4 is 41.2 Å². The summed E-state index contributed by atoms with van der Waals surface area (Å²) in [6.07, 6.45) is 7.45. The molecule has 5 rings (SSSR count).